The van der Waals surface area contributed by atoms with Crippen molar-refractivity contribution in [2.45, 2.75) is 45.1 Å². The van der Waals surface area contributed by atoms with E-state index in [0.717, 1.165) is 12.2 Å². The van der Waals surface area contributed by atoms with Crippen LogP contribution in [0.2, 0.25) is 0 Å². The van der Waals surface area contributed by atoms with Gasteiger partial charge in [0.1, 0.15) is 5.82 Å². The SMILES string of the molecule is CNC(C)(C)c1nc2c([nH]1)CCCC2. The molecular formula is C11H19N3. The zero-order chi connectivity index (χ0) is 10.2. The molecule has 1 aromatic heterocycles. The van der Waals surface area contributed by atoms with Gasteiger partial charge in [-0.25, -0.2) is 4.98 Å². The third-order valence-electron chi connectivity index (χ3n) is 3.17. The number of hydrogen-bond acceptors (Lipinski definition) is 2. The largest absolute Gasteiger partial charge is 0.344 e. The van der Waals surface area contributed by atoms with Gasteiger partial charge in [-0.1, -0.05) is 0 Å². The summed E-state index contributed by atoms with van der Waals surface area (Å²) < 4.78 is 0. The van der Waals surface area contributed by atoms with Gasteiger partial charge in [-0.15, -0.1) is 0 Å². The summed E-state index contributed by atoms with van der Waals surface area (Å²) in [5.74, 6) is 1.08. The first-order valence-electron chi connectivity index (χ1n) is 5.40. The number of aromatic nitrogens is 2. The van der Waals surface area contributed by atoms with Crippen molar-refractivity contribution in [3.63, 3.8) is 0 Å². The summed E-state index contributed by atoms with van der Waals surface area (Å²) in [6.45, 7) is 4.30. The predicted octanol–water partition coefficient (Wildman–Crippen LogP) is 1.74. The molecule has 0 fully saturated rings. The van der Waals surface area contributed by atoms with Gasteiger partial charge in [-0.05, 0) is 46.6 Å². The molecular weight excluding hydrogens is 174 g/mol. The average molecular weight is 193 g/mol. The van der Waals surface area contributed by atoms with Gasteiger partial charge in [0.05, 0.1) is 11.2 Å². The van der Waals surface area contributed by atoms with Gasteiger partial charge in [-0.2, -0.15) is 0 Å². The van der Waals surface area contributed by atoms with Crippen LogP contribution >= 0.6 is 0 Å². The van der Waals surface area contributed by atoms with E-state index in [0.29, 0.717) is 0 Å². The molecule has 2 rings (SSSR count). The van der Waals surface area contributed by atoms with Crippen LogP contribution in [-0.2, 0) is 18.4 Å². The Morgan fingerprint density at radius 1 is 1.29 bits per heavy atom. The third-order valence-corrected chi connectivity index (χ3v) is 3.17. The molecule has 2 N–H and O–H groups in total. The van der Waals surface area contributed by atoms with E-state index >= 15 is 0 Å². The number of imidazole rings is 1. The normalized spacial score (nSPS) is 16.8. The lowest BCUT2D eigenvalue weighted by atomic mass is 10.0. The van der Waals surface area contributed by atoms with E-state index in [1.165, 1.54) is 30.7 Å². The van der Waals surface area contributed by atoms with E-state index in [4.69, 9.17) is 0 Å². The van der Waals surface area contributed by atoms with Crippen molar-refractivity contribution in [2.75, 3.05) is 7.05 Å². The number of rotatable bonds is 2. The summed E-state index contributed by atoms with van der Waals surface area (Å²) in [5.41, 5.74) is 2.60. The lowest BCUT2D eigenvalue weighted by Gasteiger charge is -2.20. The van der Waals surface area contributed by atoms with Crippen LogP contribution in [0.15, 0.2) is 0 Å². The van der Waals surface area contributed by atoms with Gasteiger partial charge >= 0.3 is 0 Å². The number of aromatic amines is 1. The zero-order valence-corrected chi connectivity index (χ0v) is 9.28. The van der Waals surface area contributed by atoms with Crippen LogP contribution in [-0.4, -0.2) is 17.0 Å². The van der Waals surface area contributed by atoms with Crippen LogP contribution in [0.1, 0.15) is 43.9 Å². The zero-order valence-electron chi connectivity index (χ0n) is 9.28. The van der Waals surface area contributed by atoms with E-state index in [1.54, 1.807) is 0 Å². The maximum absolute atomic E-state index is 4.68. The molecule has 14 heavy (non-hydrogen) atoms. The van der Waals surface area contributed by atoms with Gasteiger partial charge in [-0.3, -0.25) is 0 Å². The van der Waals surface area contributed by atoms with Crippen molar-refractivity contribution in [2.24, 2.45) is 0 Å². The number of fused-ring (bicyclic) bond motifs is 1. The first-order valence-corrected chi connectivity index (χ1v) is 5.40. The highest BCUT2D eigenvalue weighted by Gasteiger charge is 2.24. The second-order valence-electron chi connectivity index (χ2n) is 4.59. The first-order chi connectivity index (χ1) is 6.63. The van der Waals surface area contributed by atoms with Crippen molar-refractivity contribution in [3.8, 4) is 0 Å². The summed E-state index contributed by atoms with van der Waals surface area (Å²) >= 11 is 0. The van der Waals surface area contributed by atoms with Crippen molar-refractivity contribution < 1.29 is 0 Å². The Kier molecular flexibility index (Phi) is 2.35. The molecule has 1 aliphatic rings. The topological polar surface area (TPSA) is 40.7 Å². The number of nitrogens with one attached hydrogen (secondary N) is 2. The van der Waals surface area contributed by atoms with Crippen LogP contribution in [0.5, 0.6) is 0 Å². The quantitative estimate of drug-likeness (QED) is 0.751. The van der Waals surface area contributed by atoms with Gasteiger partial charge in [0.15, 0.2) is 0 Å². The fourth-order valence-corrected chi connectivity index (χ4v) is 1.87. The van der Waals surface area contributed by atoms with Gasteiger partial charge in [0, 0.05) is 5.69 Å². The Balaban J connectivity index is 2.32. The molecule has 0 saturated heterocycles. The number of H-pyrrole nitrogens is 1. The Morgan fingerprint density at radius 3 is 2.64 bits per heavy atom. The van der Waals surface area contributed by atoms with Crippen LogP contribution in [0.25, 0.3) is 0 Å². The van der Waals surface area contributed by atoms with Crippen molar-refractivity contribution >= 4 is 0 Å². The third kappa shape index (κ3) is 1.57. The van der Waals surface area contributed by atoms with Crippen LogP contribution in [0.3, 0.4) is 0 Å². The highest BCUT2D eigenvalue weighted by molar-refractivity contribution is 5.20. The Hall–Kier alpha value is -0.830. The maximum Gasteiger partial charge on any atom is 0.126 e. The molecule has 0 saturated carbocycles. The van der Waals surface area contributed by atoms with Crippen LogP contribution < -0.4 is 5.32 Å². The minimum atomic E-state index is -0.0443. The molecule has 0 unspecified atom stereocenters. The first kappa shape index (κ1) is 9.71. The van der Waals surface area contributed by atoms with Gasteiger partial charge in [0.2, 0.25) is 0 Å². The number of nitrogens with zero attached hydrogens (tertiary/aromatic N) is 1. The predicted molar refractivity (Wildman–Crippen MR) is 57.3 cm³/mol. The molecule has 1 heterocycles. The van der Waals surface area contributed by atoms with Gasteiger partial charge < -0.3 is 10.3 Å². The minimum Gasteiger partial charge on any atom is -0.344 e. The van der Waals surface area contributed by atoms with Crippen LogP contribution in [0.4, 0.5) is 0 Å². The molecule has 78 valence electrons. The molecule has 0 radical (unpaired) electrons. The molecule has 0 bridgehead atoms. The van der Waals surface area contributed by atoms with E-state index < -0.39 is 0 Å². The van der Waals surface area contributed by atoms with E-state index in [9.17, 15) is 0 Å². The molecule has 0 aromatic carbocycles. The molecule has 3 nitrogen and oxygen atoms in total. The summed E-state index contributed by atoms with van der Waals surface area (Å²) in [4.78, 5) is 8.13. The molecule has 3 heteroatoms. The summed E-state index contributed by atoms with van der Waals surface area (Å²) in [5, 5.41) is 3.27. The highest BCUT2D eigenvalue weighted by Crippen LogP contribution is 2.23. The van der Waals surface area contributed by atoms with E-state index in [-0.39, 0.29) is 5.54 Å². The Bertz CT molecular complexity index is 302. The lowest BCUT2D eigenvalue weighted by Crippen LogP contribution is -2.34. The monoisotopic (exact) mass is 193 g/mol. The molecule has 1 aromatic rings. The summed E-state index contributed by atoms with van der Waals surface area (Å²) in [6, 6.07) is 0. The van der Waals surface area contributed by atoms with Crippen LogP contribution in [0, 0.1) is 0 Å². The summed E-state index contributed by atoms with van der Waals surface area (Å²) in [6.07, 6.45) is 4.90. The van der Waals surface area contributed by atoms with Crippen molar-refractivity contribution in [3.05, 3.63) is 17.2 Å². The standard InChI is InChI=1S/C11H19N3/c1-11(2,12-3)10-13-8-6-4-5-7-9(8)14-10/h12H,4-7H2,1-3H3,(H,13,14). The molecule has 0 amide bonds. The molecule has 0 aliphatic heterocycles. The molecule has 1 aliphatic carbocycles. The summed E-state index contributed by atoms with van der Waals surface area (Å²) in [7, 11) is 1.97. The fourth-order valence-electron chi connectivity index (χ4n) is 1.87. The fraction of sp³-hybridized carbons (Fsp3) is 0.727. The number of aryl methyl sites for hydroxylation is 2. The van der Waals surface area contributed by atoms with Crippen molar-refractivity contribution in [1.82, 2.24) is 15.3 Å². The van der Waals surface area contributed by atoms with Gasteiger partial charge in [0.25, 0.3) is 0 Å². The average Bonchev–Trinajstić information content (AvgIpc) is 2.61. The Morgan fingerprint density at radius 2 is 2.00 bits per heavy atom. The maximum atomic E-state index is 4.68. The second kappa shape index (κ2) is 3.39. The Labute approximate surface area is 85.3 Å². The van der Waals surface area contributed by atoms with E-state index in [1.807, 2.05) is 7.05 Å². The second-order valence-corrected chi connectivity index (χ2v) is 4.59. The lowest BCUT2D eigenvalue weighted by molar-refractivity contribution is 0.419. The smallest absolute Gasteiger partial charge is 0.126 e. The van der Waals surface area contributed by atoms with E-state index in [2.05, 4.69) is 29.1 Å². The number of hydrogen-bond donors (Lipinski definition) is 2. The highest BCUT2D eigenvalue weighted by atomic mass is 15.0. The molecule has 0 spiro atoms. The molecule has 0 atom stereocenters. The van der Waals surface area contributed by atoms with Crippen molar-refractivity contribution in [1.29, 1.82) is 0 Å². The minimum absolute atomic E-state index is 0.0443.